The maximum atomic E-state index is 13.0. The van der Waals surface area contributed by atoms with E-state index >= 15 is 0 Å². The van der Waals surface area contributed by atoms with Gasteiger partial charge in [-0.3, -0.25) is 0 Å². The maximum absolute atomic E-state index is 13.0. The number of hydrogen-bond donors (Lipinski definition) is 2. The zero-order chi connectivity index (χ0) is 13.8. The zero-order valence-corrected chi connectivity index (χ0v) is 10.2. The van der Waals surface area contributed by atoms with Gasteiger partial charge in [-0.25, -0.2) is 8.78 Å². The van der Waals surface area contributed by atoms with Gasteiger partial charge in [-0.15, -0.1) is 0 Å². The van der Waals surface area contributed by atoms with Crippen molar-refractivity contribution in [1.82, 2.24) is 9.97 Å². The molecule has 2 aromatic rings. The van der Waals surface area contributed by atoms with Gasteiger partial charge in [0.1, 0.15) is 5.82 Å². The van der Waals surface area contributed by atoms with Gasteiger partial charge in [0, 0.05) is 12.6 Å². The molecule has 3 N–H and O–H groups in total. The summed E-state index contributed by atoms with van der Waals surface area (Å²) >= 11 is 0. The molecule has 5 nitrogen and oxygen atoms in total. The predicted molar refractivity (Wildman–Crippen MR) is 66.7 cm³/mol. The van der Waals surface area contributed by atoms with E-state index in [2.05, 4.69) is 15.3 Å². The number of benzene rings is 1. The molecule has 0 saturated heterocycles. The lowest BCUT2D eigenvalue weighted by Gasteiger charge is -2.08. The summed E-state index contributed by atoms with van der Waals surface area (Å²) in [7, 11) is 1.46. The molecular formula is C12H12F2N4O. The molecule has 0 fully saturated rings. The van der Waals surface area contributed by atoms with Crippen LogP contribution in [0.3, 0.4) is 0 Å². The SMILES string of the molecule is COc1cc(NCc2ccc(F)c(F)c2)nc(N)n1. The van der Waals surface area contributed by atoms with Crippen molar-refractivity contribution in [3.8, 4) is 5.88 Å². The normalized spacial score (nSPS) is 10.3. The fraction of sp³-hybridized carbons (Fsp3) is 0.167. The summed E-state index contributed by atoms with van der Waals surface area (Å²) in [6.45, 7) is 0.275. The van der Waals surface area contributed by atoms with E-state index in [0.29, 0.717) is 17.3 Å². The molecule has 0 amide bonds. The van der Waals surface area contributed by atoms with E-state index in [9.17, 15) is 8.78 Å². The van der Waals surface area contributed by atoms with Gasteiger partial charge in [0.15, 0.2) is 11.6 Å². The van der Waals surface area contributed by atoms with E-state index in [-0.39, 0.29) is 12.5 Å². The number of nitrogens with zero attached hydrogens (tertiary/aromatic N) is 2. The molecule has 1 heterocycles. The lowest BCUT2D eigenvalue weighted by Crippen LogP contribution is -2.05. The smallest absolute Gasteiger partial charge is 0.225 e. The van der Waals surface area contributed by atoms with Crippen molar-refractivity contribution in [2.45, 2.75) is 6.54 Å². The molecule has 1 aromatic carbocycles. The van der Waals surface area contributed by atoms with Crippen LogP contribution < -0.4 is 15.8 Å². The number of anilines is 2. The summed E-state index contributed by atoms with van der Waals surface area (Å²) < 4.78 is 30.7. The maximum Gasteiger partial charge on any atom is 0.225 e. The van der Waals surface area contributed by atoms with Crippen molar-refractivity contribution in [3.05, 3.63) is 41.5 Å². The molecule has 0 aliphatic heterocycles. The van der Waals surface area contributed by atoms with Crippen LogP contribution in [0.5, 0.6) is 5.88 Å². The van der Waals surface area contributed by atoms with Gasteiger partial charge in [-0.1, -0.05) is 6.07 Å². The Morgan fingerprint density at radius 2 is 2.00 bits per heavy atom. The third kappa shape index (κ3) is 3.27. The average Bonchev–Trinajstić information content (AvgIpc) is 2.39. The number of halogens is 2. The van der Waals surface area contributed by atoms with Gasteiger partial charge in [-0.05, 0) is 17.7 Å². The number of nitrogens with two attached hydrogens (primary N) is 1. The first-order valence-corrected chi connectivity index (χ1v) is 5.45. The van der Waals surface area contributed by atoms with Gasteiger partial charge in [0.25, 0.3) is 0 Å². The first kappa shape index (κ1) is 13.0. The molecule has 100 valence electrons. The van der Waals surface area contributed by atoms with Crippen LogP contribution in [0.1, 0.15) is 5.56 Å². The van der Waals surface area contributed by atoms with Crippen LogP contribution in [0.2, 0.25) is 0 Å². The minimum atomic E-state index is -0.890. The predicted octanol–water partition coefficient (Wildman–Crippen LogP) is 1.96. The van der Waals surface area contributed by atoms with Crippen LogP contribution in [0.4, 0.5) is 20.5 Å². The molecule has 0 radical (unpaired) electrons. The minimum absolute atomic E-state index is 0.0622. The van der Waals surface area contributed by atoms with Crippen molar-refractivity contribution in [1.29, 1.82) is 0 Å². The Bertz CT molecular complexity index is 592. The van der Waals surface area contributed by atoms with Crippen molar-refractivity contribution in [3.63, 3.8) is 0 Å². The van der Waals surface area contributed by atoms with Crippen molar-refractivity contribution in [2.24, 2.45) is 0 Å². The summed E-state index contributed by atoms with van der Waals surface area (Å²) in [4.78, 5) is 7.77. The van der Waals surface area contributed by atoms with Crippen LogP contribution in [-0.4, -0.2) is 17.1 Å². The Kier molecular flexibility index (Phi) is 3.74. The summed E-state index contributed by atoms with van der Waals surface area (Å²) in [6.07, 6.45) is 0. The highest BCUT2D eigenvalue weighted by atomic mass is 19.2. The molecule has 0 bridgehead atoms. The Morgan fingerprint density at radius 1 is 1.21 bits per heavy atom. The highest BCUT2D eigenvalue weighted by Gasteiger charge is 2.05. The van der Waals surface area contributed by atoms with Crippen LogP contribution in [0.15, 0.2) is 24.3 Å². The average molecular weight is 266 g/mol. The second kappa shape index (κ2) is 5.47. The summed E-state index contributed by atoms with van der Waals surface area (Å²) in [5.74, 6) is -0.947. The zero-order valence-electron chi connectivity index (χ0n) is 10.2. The Balaban J connectivity index is 2.09. The first-order valence-electron chi connectivity index (χ1n) is 5.45. The number of rotatable bonds is 4. The number of ether oxygens (including phenoxy) is 1. The molecule has 0 unspecified atom stereocenters. The molecule has 0 aliphatic carbocycles. The van der Waals surface area contributed by atoms with E-state index in [4.69, 9.17) is 10.5 Å². The van der Waals surface area contributed by atoms with E-state index < -0.39 is 11.6 Å². The Labute approximate surface area is 108 Å². The lowest BCUT2D eigenvalue weighted by atomic mass is 10.2. The van der Waals surface area contributed by atoms with Gasteiger partial charge in [-0.2, -0.15) is 9.97 Å². The number of aromatic nitrogens is 2. The van der Waals surface area contributed by atoms with Gasteiger partial charge < -0.3 is 15.8 Å². The molecule has 7 heteroatoms. The molecule has 19 heavy (non-hydrogen) atoms. The number of nitrogens with one attached hydrogen (secondary N) is 1. The summed E-state index contributed by atoms with van der Waals surface area (Å²) in [6, 6.07) is 5.22. The largest absolute Gasteiger partial charge is 0.481 e. The number of hydrogen-bond acceptors (Lipinski definition) is 5. The summed E-state index contributed by atoms with van der Waals surface area (Å²) in [5.41, 5.74) is 6.07. The lowest BCUT2D eigenvalue weighted by molar-refractivity contribution is 0.398. The van der Waals surface area contributed by atoms with Gasteiger partial charge in [0.05, 0.1) is 7.11 Å². The highest BCUT2D eigenvalue weighted by molar-refractivity contribution is 5.43. The van der Waals surface area contributed by atoms with Crippen molar-refractivity contribution in [2.75, 3.05) is 18.2 Å². The monoisotopic (exact) mass is 266 g/mol. The third-order valence-corrected chi connectivity index (χ3v) is 2.39. The van der Waals surface area contributed by atoms with Gasteiger partial charge >= 0.3 is 0 Å². The topological polar surface area (TPSA) is 73.1 Å². The minimum Gasteiger partial charge on any atom is -0.481 e. The van der Waals surface area contributed by atoms with E-state index in [0.717, 1.165) is 12.1 Å². The van der Waals surface area contributed by atoms with Crippen molar-refractivity contribution < 1.29 is 13.5 Å². The second-order valence-corrected chi connectivity index (χ2v) is 3.76. The van der Waals surface area contributed by atoms with Crippen molar-refractivity contribution >= 4 is 11.8 Å². The quantitative estimate of drug-likeness (QED) is 0.885. The van der Waals surface area contributed by atoms with Crippen LogP contribution in [-0.2, 0) is 6.54 Å². The fourth-order valence-corrected chi connectivity index (χ4v) is 1.48. The molecule has 0 aliphatic rings. The standard InChI is InChI=1S/C12H12F2N4O/c1-19-11-5-10(17-12(15)18-11)16-6-7-2-3-8(13)9(14)4-7/h2-5H,6H2,1H3,(H3,15,16,17,18). The van der Waals surface area contributed by atoms with Crippen LogP contribution >= 0.6 is 0 Å². The third-order valence-electron chi connectivity index (χ3n) is 2.39. The number of nitrogen functional groups attached to an aromatic ring is 1. The molecule has 0 atom stereocenters. The fourth-order valence-electron chi connectivity index (χ4n) is 1.48. The number of methoxy groups -OCH3 is 1. The highest BCUT2D eigenvalue weighted by Crippen LogP contribution is 2.15. The Morgan fingerprint density at radius 3 is 2.68 bits per heavy atom. The Hall–Kier alpha value is -2.44. The molecule has 2 rings (SSSR count). The van der Waals surface area contributed by atoms with E-state index in [1.54, 1.807) is 6.07 Å². The summed E-state index contributed by atoms with van der Waals surface area (Å²) in [5, 5.41) is 2.92. The first-order chi connectivity index (χ1) is 9.08. The second-order valence-electron chi connectivity index (χ2n) is 3.76. The van der Waals surface area contributed by atoms with Gasteiger partial charge in [0.2, 0.25) is 11.8 Å². The molecular weight excluding hydrogens is 254 g/mol. The van der Waals surface area contributed by atoms with Crippen LogP contribution in [0.25, 0.3) is 0 Å². The molecule has 1 aromatic heterocycles. The molecule has 0 saturated carbocycles. The van der Waals surface area contributed by atoms with E-state index in [1.165, 1.54) is 13.2 Å². The van der Waals surface area contributed by atoms with E-state index in [1.807, 2.05) is 0 Å². The molecule has 0 spiro atoms. The van der Waals surface area contributed by atoms with Crippen LogP contribution in [0, 0.1) is 11.6 Å².